The van der Waals surface area contributed by atoms with Gasteiger partial charge in [-0.05, 0) is 38.2 Å². The Balaban J connectivity index is 1.51. The van der Waals surface area contributed by atoms with Gasteiger partial charge in [0.15, 0.2) is 5.96 Å². The Morgan fingerprint density at radius 2 is 2.07 bits per heavy atom. The zero-order chi connectivity index (χ0) is 19.1. The number of aliphatic hydroxyl groups excluding tert-OH is 1. The number of nitrogens with zero attached hydrogens (tertiary/aromatic N) is 2. The number of hydrogen-bond acceptors (Lipinski definition) is 3. The second-order valence-corrected chi connectivity index (χ2v) is 7.80. The minimum absolute atomic E-state index is 0.134. The van der Waals surface area contributed by atoms with Crippen LogP contribution in [-0.4, -0.2) is 54.7 Å². The van der Waals surface area contributed by atoms with E-state index in [9.17, 15) is 9.50 Å². The van der Waals surface area contributed by atoms with Crippen molar-refractivity contribution in [1.82, 2.24) is 15.5 Å². The summed E-state index contributed by atoms with van der Waals surface area (Å²) in [6.07, 6.45) is 5.71. The Labute approximate surface area is 162 Å². The molecule has 3 rings (SSSR count). The van der Waals surface area contributed by atoms with Gasteiger partial charge in [-0.1, -0.05) is 31.0 Å². The molecule has 2 atom stereocenters. The van der Waals surface area contributed by atoms with Crippen molar-refractivity contribution in [2.24, 2.45) is 10.9 Å². The van der Waals surface area contributed by atoms with Crippen molar-refractivity contribution in [2.75, 3.05) is 32.7 Å². The van der Waals surface area contributed by atoms with Gasteiger partial charge in [-0.2, -0.15) is 0 Å². The van der Waals surface area contributed by atoms with Gasteiger partial charge < -0.3 is 20.6 Å². The van der Waals surface area contributed by atoms with Crippen molar-refractivity contribution >= 4 is 5.96 Å². The first-order chi connectivity index (χ1) is 13.2. The summed E-state index contributed by atoms with van der Waals surface area (Å²) in [4.78, 5) is 7.04. The minimum Gasteiger partial charge on any atom is -0.386 e. The molecule has 0 aromatic heterocycles. The van der Waals surface area contributed by atoms with E-state index in [1.54, 1.807) is 18.2 Å². The van der Waals surface area contributed by atoms with Crippen molar-refractivity contribution in [3.63, 3.8) is 0 Å². The molecule has 27 heavy (non-hydrogen) atoms. The monoisotopic (exact) mass is 376 g/mol. The van der Waals surface area contributed by atoms with Gasteiger partial charge in [0.25, 0.3) is 0 Å². The molecule has 1 aliphatic heterocycles. The molecule has 1 aromatic rings. The summed E-state index contributed by atoms with van der Waals surface area (Å²) in [7, 11) is 0. The molecule has 1 saturated heterocycles. The molecule has 0 amide bonds. The fraction of sp³-hybridized carbons (Fsp3) is 0.667. The maximum atomic E-state index is 13.8. The molecule has 6 heteroatoms. The highest BCUT2D eigenvalue weighted by Gasteiger charge is 2.26. The zero-order valence-electron chi connectivity index (χ0n) is 16.3. The number of rotatable bonds is 7. The Hall–Kier alpha value is -1.66. The van der Waals surface area contributed by atoms with Crippen LogP contribution in [0, 0.1) is 11.7 Å². The van der Waals surface area contributed by atoms with E-state index in [4.69, 9.17) is 0 Å². The number of halogens is 1. The quantitative estimate of drug-likeness (QED) is 0.506. The van der Waals surface area contributed by atoms with E-state index in [0.29, 0.717) is 17.6 Å². The highest BCUT2D eigenvalue weighted by Crippen LogP contribution is 2.26. The topological polar surface area (TPSA) is 59.9 Å². The Kier molecular flexibility index (Phi) is 7.47. The largest absolute Gasteiger partial charge is 0.386 e. The second kappa shape index (κ2) is 10.0. The number of aliphatic imine (C=N–C) groups is 1. The lowest BCUT2D eigenvalue weighted by atomic mass is 10.1. The SMILES string of the molecule is CCNC(=NCC(O)c1ccccc1F)NC1CCN(CC2CCCC2)C1. The first kappa shape index (κ1) is 20.1. The predicted molar refractivity (Wildman–Crippen MR) is 107 cm³/mol. The van der Waals surface area contributed by atoms with E-state index in [1.165, 1.54) is 38.3 Å². The Morgan fingerprint density at radius 1 is 1.30 bits per heavy atom. The van der Waals surface area contributed by atoms with Crippen molar-refractivity contribution in [3.05, 3.63) is 35.6 Å². The summed E-state index contributed by atoms with van der Waals surface area (Å²) in [5.74, 6) is 1.18. The fourth-order valence-corrected chi connectivity index (χ4v) is 4.21. The summed E-state index contributed by atoms with van der Waals surface area (Å²) in [6.45, 7) is 6.29. The number of benzene rings is 1. The van der Waals surface area contributed by atoms with Crippen LogP contribution in [0.1, 0.15) is 50.7 Å². The van der Waals surface area contributed by atoms with E-state index in [-0.39, 0.29) is 6.54 Å². The molecule has 150 valence electrons. The molecule has 2 unspecified atom stereocenters. The lowest BCUT2D eigenvalue weighted by molar-refractivity contribution is 0.182. The summed E-state index contributed by atoms with van der Waals surface area (Å²) in [5.41, 5.74) is 0.292. The standard InChI is InChI=1S/C21H33FN4O/c1-2-23-21(24-13-20(27)18-9-5-6-10-19(18)22)25-17-11-12-26(15-17)14-16-7-3-4-8-16/h5-6,9-10,16-17,20,27H,2-4,7-8,11-15H2,1H3,(H2,23,24,25). The van der Waals surface area contributed by atoms with Gasteiger partial charge in [-0.3, -0.25) is 4.99 Å². The van der Waals surface area contributed by atoms with Crippen LogP contribution in [0.4, 0.5) is 4.39 Å². The number of hydrogen-bond donors (Lipinski definition) is 3. The average Bonchev–Trinajstić information content (AvgIpc) is 3.32. The van der Waals surface area contributed by atoms with Crippen LogP contribution in [0.15, 0.2) is 29.3 Å². The summed E-state index contributed by atoms with van der Waals surface area (Å²) in [5, 5.41) is 17.0. The van der Waals surface area contributed by atoms with E-state index in [1.807, 2.05) is 6.92 Å². The van der Waals surface area contributed by atoms with Gasteiger partial charge >= 0.3 is 0 Å². The van der Waals surface area contributed by atoms with E-state index >= 15 is 0 Å². The molecular weight excluding hydrogens is 343 g/mol. The normalized spacial score (nSPS) is 22.9. The van der Waals surface area contributed by atoms with E-state index in [0.717, 1.165) is 32.0 Å². The second-order valence-electron chi connectivity index (χ2n) is 7.80. The predicted octanol–water partition coefficient (Wildman–Crippen LogP) is 2.68. The Bertz CT molecular complexity index is 618. The van der Waals surface area contributed by atoms with E-state index in [2.05, 4.69) is 20.5 Å². The molecular formula is C21H33FN4O. The average molecular weight is 377 g/mol. The molecule has 0 radical (unpaired) electrons. The van der Waals surface area contributed by atoms with Crippen LogP contribution in [-0.2, 0) is 0 Å². The van der Waals surface area contributed by atoms with Gasteiger partial charge in [0, 0.05) is 37.8 Å². The number of nitrogens with one attached hydrogen (secondary N) is 2. The van der Waals surface area contributed by atoms with Gasteiger partial charge in [0.2, 0.25) is 0 Å². The van der Waals surface area contributed by atoms with Crippen molar-refractivity contribution in [2.45, 2.75) is 51.2 Å². The maximum absolute atomic E-state index is 13.8. The van der Waals surface area contributed by atoms with Gasteiger partial charge in [-0.25, -0.2) is 4.39 Å². The minimum atomic E-state index is -0.941. The van der Waals surface area contributed by atoms with Crippen molar-refractivity contribution < 1.29 is 9.50 Å². The van der Waals surface area contributed by atoms with Gasteiger partial charge in [-0.15, -0.1) is 0 Å². The summed E-state index contributed by atoms with van der Waals surface area (Å²) < 4.78 is 13.8. The summed E-state index contributed by atoms with van der Waals surface area (Å²) in [6, 6.07) is 6.69. The smallest absolute Gasteiger partial charge is 0.191 e. The fourth-order valence-electron chi connectivity index (χ4n) is 4.21. The highest BCUT2D eigenvalue weighted by atomic mass is 19.1. The molecule has 3 N–H and O–H groups in total. The lowest BCUT2D eigenvalue weighted by Gasteiger charge is -2.21. The van der Waals surface area contributed by atoms with Crippen molar-refractivity contribution in [3.8, 4) is 0 Å². The molecule has 1 aliphatic carbocycles. The first-order valence-corrected chi connectivity index (χ1v) is 10.4. The van der Waals surface area contributed by atoms with Crippen LogP contribution in [0.5, 0.6) is 0 Å². The molecule has 5 nitrogen and oxygen atoms in total. The first-order valence-electron chi connectivity index (χ1n) is 10.4. The number of guanidine groups is 1. The third-order valence-corrected chi connectivity index (χ3v) is 5.64. The highest BCUT2D eigenvalue weighted by molar-refractivity contribution is 5.80. The molecule has 0 spiro atoms. The molecule has 0 bridgehead atoms. The molecule has 2 aliphatic rings. The van der Waals surface area contributed by atoms with Crippen LogP contribution < -0.4 is 10.6 Å². The third kappa shape index (κ3) is 5.91. The van der Waals surface area contributed by atoms with Crippen molar-refractivity contribution in [1.29, 1.82) is 0 Å². The van der Waals surface area contributed by atoms with Crippen LogP contribution in [0.25, 0.3) is 0 Å². The maximum Gasteiger partial charge on any atom is 0.191 e. The number of likely N-dealkylation sites (tertiary alicyclic amines) is 1. The van der Waals surface area contributed by atoms with Gasteiger partial charge in [0.05, 0.1) is 6.54 Å². The van der Waals surface area contributed by atoms with E-state index < -0.39 is 11.9 Å². The lowest BCUT2D eigenvalue weighted by Crippen LogP contribution is -2.45. The summed E-state index contributed by atoms with van der Waals surface area (Å²) >= 11 is 0. The molecule has 1 heterocycles. The Morgan fingerprint density at radius 3 is 2.81 bits per heavy atom. The number of aliphatic hydroxyl groups is 1. The van der Waals surface area contributed by atoms with Gasteiger partial charge in [0.1, 0.15) is 11.9 Å². The van der Waals surface area contributed by atoms with Crippen LogP contribution >= 0.6 is 0 Å². The zero-order valence-corrected chi connectivity index (χ0v) is 16.3. The molecule has 1 aromatic carbocycles. The third-order valence-electron chi connectivity index (χ3n) is 5.64. The van der Waals surface area contributed by atoms with Crippen LogP contribution in [0.2, 0.25) is 0 Å². The van der Waals surface area contributed by atoms with Crippen LogP contribution in [0.3, 0.4) is 0 Å². The molecule has 2 fully saturated rings. The molecule has 1 saturated carbocycles.